The van der Waals surface area contributed by atoms with Gasteiger partial charge in [-0.2, -0.15) is 0 Å². The summed E-state index contributed by atoms with van der Waals surface area (Å²) in [5.41, 5.74) is 4.80. The SMILES string of the molecule is CC1=C[C](C)([Ti+2]2[CH2][CH2]2)C(C)=C1C.[Cl-].[Cl-]. The van der Waals surface area contributed by atoms with Crippen LogP contribution in [0.4, 0.5) is 0 Å². The van der Waals surface area contributed by atoms with E-state index in [1.54, 1.807) is 26.2 Å². The van der Waals surface area contributed by atoms with Crippen molar-refractivity contribution in [1.29, 1.82) is 0 Å². The number of halogens is 2. The van der Waals surface area contributed by atoms with Crippen LogP contribution in [0.25, 0.3) is 0 Å². The van der Waals surface area contributed by atoms with Gasteiger partial charge >= 0.3 is 81.5 Å². The third-order valence-electron chi connectivity index (χ3n) is 3.67. The van der Waals surface area contributed by atoms with Gasteiger partial charge in [0.25, 0.3) is 0 Å². The Morgan fingerprint density at radius 2 is 1.64 bits per heavy atom. The fraction of sp³-hybridized carbons (Fsp3) is 0.636. The second-order valence-electron chi connectivity index (χ2n) is 4.38. The maximum absolute atomic E-state index is 2.56. The van der Waals surface area contributed by atoms with Crippen LogP contribution in [-0.2, 0) is 17.9 Å². The monoisotopic (exact) mass is 267 g/mol. The van der Waals surface area contributed by atoms with Gasteiger partial charge in [-0.25, -0.2) is 0 Å². The van der Waals surface area contributed by atoms with Crippen molar-refractivity contribution in [3.8, 4) is 0 Å². The largest absolute Gasteiger partial charge is 1.00 e. The minimum absolute atomic E-state index is 0. The summed E-state index contributed by atoms with van der Waals surface area (Å²) in [4.78, 5) is 0. The minimum Gasteiger partial charge on any atom is -1.00 e. The van der Waals surface area contributed by atoms with Crippen molar-refractivity contribution in [2.75, 3.05) is 0 Å². The zero-order valence-corrected chi connectivity index (χ0v) is 12.3. The molecule has 1 unspecified atom stereocenters. The molecule has 0 saturated carbocycles. The summed E-state index contributed by atoms with van der Waals surface area (Å²) < 4.78 is 3.80. The molecule has 0 aromatic heterocycles. The molecule has 1 aliphatic heterocycles. The molecule has 2 aliphatic rings. The molecule has 0 amide bonds. The molecular formula is C11H17Cl2Ti. The molecule has 3 heteroatoms. The Kier molecular flexibility index (Phi) is 5.00. The first kappa shape index (κ1) is 14.8. The predicted molar refractivity (Wildman–Crippen MR) is 50.1 cm³/mol. The first-order chi connectivity index (χ1) is 5.55. The van der Waals surface area contributed by atoms with Crippen molar-refractivity contribution < 1.29 is 42.7 Å². The Labute approximate surface area is 106 Å². The van der Waals surface area contributed by atoms with Gasteiger partial charge in [-0.1, -0.05) is 0 Å². The number of hydrogen-bond donors (Lipinski definition) is 0. The van der Waals surface area contributed by atoms with Crippen molar-refractivity contribution in [3.63, 3.8) is 0 Å². The van der Waals surface area contributed by atoms with Crippen LogP contribution >= 0.6 is 0 Å². The Morgan fingerprint density at radius 1 is 1.14 bits per heavy atom. The Balaban J connectivity index is 0.000000845. The van der Waals surface area contributed by atoms with Crippen molar-refractivity contribution in [2.24, 2.45) is 0 Å². The van der Waals surface area contributed by atoms with Crippen LogP contribution in [0.15, 0.2) is 22.8 Å². The van der Waals surface area contributed by atoms with Crippen molar-refractivity contribution in [2.45, 2.75) is 40.9 Å². The van der Waals surface area contributed by atoms with E-state index in [0.717, 1.165) is 0 Å². The van der Waals surface area contributed by atoms with Gasteiger partial charge < -0.3 is 24.8 Å². The van der Waals surface area contributed by atoms with Crippen LogP contribution < -0.4 is 24.8 Å². The van der Waals surface area contributed by atoms with Gasteiger partial charge in [0, 0.05) is 0 Å². The van der Waals surface area contributed by atoms with E-state index in [4.69, 9.17) is 0 Å². The number of rotatable bonds is 1. The van der Waals surface area contributed by atoms with E-state index >= 15 is 0 Å². The van der Waals surface area contributed by atoms with Crippen LogP contribution in [0.3, 0.4) is 0 Å². The van der Waals surface area contributed by atoms with Crippen molar-refractivity contribution >= 4 is 0 Å². The molecule has 14 heavy (non-hydrogen) atoms. The average molecular weight is 268 g/mol. The average Bonchev–Trinajstić information content (AvgIpc) is 2.80. The number of hydrogen-bond acceptors (Lipinski definition) is 0. The van der Waals surface area contributed by atoms with Crippen molar-refractivity contribution in [3.05, 3.63) is 22.8 Å². The van der Waals surface area contributed by atoms with E-state index in [-0.39, 0.29) is 24.8 Å². The topological polar surface area (TPSA) is 0 Å². The second-order valence-corrected chi connectivity index (χ2v) is 9.45. The van der Waals surface area contributed by atoms with E-state index in [2.05, 4.69) is 33.8 Å². The third-order valence-corrected chi connectivity index (χ3v) is 8.34. The van der Waals surface area contributed by atoms with Crippen LogP contribution in [0.1, 0.15) is 27.7 Å². The summed E-state index contributed by atoms with van der Waals surface area (Å²) in [5.74, 6) is 0. The van der Waals surface area contributed by atoms with Crippen LogP contribution in [0, 0.1) is 0 Å². The maximum atomic E-state index is 2.56. The summed E-state index contributed by atoms with van der Waals surface area (Å²) >= 11 is -0.618. The van der Waals surface area contributed by atoms with Gasteiger partial charge in [0.2, 0.25) is 0 Å². The molecule has 0 nitrogen and oxygen atoms in total. The molecule has 1 saturated heterocycles. The van der Waals surface area contributed by atoms with Crippen molar-refractivity contribution in [1.82, 2.24) is 0 Å². The Hall–Kier alpha value is 0.774. The van der Waals surface area contributed by atoms with Gasteiger partial charge in [0.05, 0.1) is 0 Å². The summed E-state index contributed by atoms with van der Waals surface area (Å²) in [6.45, 7) is 9.38. The standard InChI is InChI=1S/C9H13.C2H4.2ClH.Ti/c1-6-5-7(2)9(4)8(6)3;1-2;;;/h5H,1-4H3;1-2H2;2*1H;/q;;;;+2/p-2. The molecule has 1 heterocycles. The molecule has 0 bridgehead atoms. The zero-order valence-electron chi connectivity index (χ0n) is 9.25. The molecule has 0 N–H and O–H groups in total. The maximum Gasteiger partial charge on any atom is -1.00 e. The smallest absolute Gasteiger partial charge is 1.00 e. The molecular weight excluding hydrogens is 251 g/mol. The summed E-state index contributed by atoms with van der Waals surface area (Å²) in [6, 6.07) is 0. The van der Waals surface area contributed by atoms with Gasteiger partial charge in [-0.3, -0.25) is 0 Å². The molecule has 1 fully saturated rings. The normalized spacial score (nSPS) is 29.4. The molecule has 1 atom stereocenters. The first-order valence-electron chi connectivity index (χ1n) is 4.78. The number of allylic oxidation sites excluding steroid dienone is 4. The fourth-order valence-corrected chi connectivity index (χ4v) is 6.68. The molecule has 79 valence electrons. The van der Waals surface area contributed by atoms with Crippen LogP contribution in [-0.4, -0.2) is 0 Å². The van der Waals surface area contributed by atoms with Gasteiger partial charge in [0.1, 0.15) is 0 Å². The first-order valence-corrected chi connectivity index (χ1v) is 7.77. The summed E-state index contributed by atoms with van der Waals surface area (Å²) in [7, 11) is 0. The Bertz CT molecular complexity index is 290. The summed E-state index contributed by atoms with van der Waals surface area (Å²) in [6.07, 6.45) is 2.56. The van der Waals surface area contributed by atoms with Gasteiger partial charge in [-0.05, 0) is 0 Å². The molecule has 0 spiro atoms. The molecule has 0 aromatic carbocycles. The van der Waals surface area contributed by atoms with Gasteiger partial charge in [-0.15, -0.1) is 0 Å². The fourth-order valence-electron chi connectivity index (χ4n) is 2.28. The quantitative estimate of drug-likeness (QED) is 0.480. The predicted octanol–water partition coefficient (Wildman–Crippen LogP) is -2.06. The molecule has 1 aliphatic carbocycles. The Morgan fingerprint density at radius 3 is 1.93 bits per heavy atom. The van der Waals surface area contributed by atoms with E-state index in [1.165, 1.54) is 0 Å². The minimum atomic E-state index is -0.618. The molecule has 0 radical (unpaired) electrons. The van der Waals surface area contributed by atoms with E-state index in [9.17, 15) is 0 Å². The molecule has 2 rings (SSSR count). The van der Waals surface area contributed by atoms with E-state index in [1.807, 2.05) is 0 Å². The van der Waals surface area contributed by atoms with E-state index < -0.39 is 17.9 Å². The van der Waals surface area contributed by atoms with E-state index in [0.29, 0.717) is 3.72 Å². The third kappa shape index (κ3) is 2.14. The zero-order chi connectivity index (χ0) is 8.93. The van der Waals surface area contributed by atoms with Gasteiger partial charge in [0.15, 0.2) is 0 Å². The van der Waals surface area contributed by atoms with Crippen LogP contribution in [0.2, 0.25) is 13.2 Å². The summed E-state index contributed by atoms with van der Waals surface area (Å²) in [5, 5.41) is 0. The van der Waals surface area contributed by atoms with Crippen LogP contribution in [0.5, 0.6) is 0 Å². The second kappa shape index (κ2) is 4.74. The molecule has 0 aromatic rings.